The summed E-state index contributed by atoms with van der Waals surface area (Å²) in [4.78, 5) is 59.4. The predicted molar refractivity (Wildman–Crippen MR) is 115 cm³/mol. The predicted octanol–water partition coefficient (Wildman–Crippen LogP) is -2.48. The molecule has 0 bridgehead atoms. The molecule has 4 amide bonds. The van der Waals surface area contributed by atoms with E-state index in [1.54, 1.807) is 13.8 Å². The van der Waals surface area contributed by atoms with E-state index >= 15 is 0 Å². The fourth-order valence-corrected chi connectivity index (χ4v) is 2.93. The van der Waals surface area contributed by atoms with Crippen molar-refractivity contribution in [2.45, 2.75) is 57.3 Å². The lowest BCUT2D eigenvalue weighted by Crippen LogP contribution is -2.59. The Bertz CT molecular complexity index is 647. The van der Waals surface area contributed by atoms with Gasteiger partial charge in [-0.15, -0.1) is 0 Å². The Kier molecular flexibility index (Phi) is 13.5. The van der Waals surface area contributed by atoms with Crippen LogP contribution in [-0.4, -0.2) is 82.6 Å². The SMILES string of the molecule is CSCCC(N)C(=O)NC(CO)C(=O)NC(C(=O)NC(CCC(N)=O)C(=O)O)C(C)C. The van der Waals surface area contributed by atoms with Crippen LogP contribution >= 0.6 is 11.8 Å². The first-order chi connectivity index (χ1) is 14.4. The van der Waals surface area contributed by atoms with Crippen molar-refractivity contribution in [2.24, 2.45) is 17.4 Å². The largest absolute Gasteiger partial charge is 0.480 e. The maximum atomic E-state index is 12.6. The van der Waals surface area contributed by atoms with Crippen LogP contribution in [0.5, 0.6) is 0 Å². The van der Waals surface area contributed by atoms with Crippen LogP contribution in [0.3, 0.4) is 0 Å². The van der Waals surface area contributed by atoms with Crippen molar-refractivity contribution in [3.05, 3.63) is 0 Å². The second kappa shape index (κ2) is 14.6. The Hall–Kier alpha value is -2.38. The first-order valence-electron chi connectivity index (χ1n) is 9.72. The van der Waals surface area contributed by atoms with Gasteiger partial charge in [-0.2, -0.15) is 11.8 Å². The smallest absolute Gasteiger partial charge is 0.326 e. The van der Waals surface area contributed by atoms with Crippen molar-refractivity contribution in [3.8, 4) is 0 Å². The van der Waals surface area contributed by atoms with E-state index in [-0.39, 0.29) is 12.8 Å². The standard InChI is InChI=1S/C18H33N5O7S/c1-9(2)14(17(28)21-11(18(29)30)4-5-13(20)25)23-16(27)12(8-24)22-15(26)10(19)6-7-31-3/h9-12,14,24H,4-8,19H2,1-3H3,(H2,20,25)(H,21,28)(H,22,26)(H,23,27)(H,29,30). The molecule has 4 atom stereocenters. The van der Waals surface area contributed by atoms with Crippen LogP contribution < -0.4 is 27.4 Å². The Balaban J connectivity index is 5.13. The summed E-state index contributed by atoms with van der Waals surface area (Å²) in [6, 6.07) is -4.73. The van der Waals surface area contributed by atoms with Crippen molar-refractivity contribution < 1.29 is 34.2 Å². The summed E-state index contributed by atoms with van der Waals surface area (Å²) < 4.78 is 0. The van der Waals surface area contributed by atoms with Gasteiger partial charge in [0.1, 0.15) is 18.1 Å². The van der Waals surface area contributed by atoms with E-state index in [2.05, 4.69) is 16.0 Å². The number of hydrogen-bond donors (Lipinski definition) is 7. The van der Waals surface area contributed by atoms with E-state index in [9.17, 15) is 34.2 Å². The fourth-order valence-electron chi connectivity index (χ4n) is 2.44. The highest BCUT2D eigenvalue weighted by molar-refractivity contribution is 7.98. The molecule has 4 unspecified atom stereocenters. The average Bonchev–Trinajstić information content (AvgIpc) is 2.69. The number of aliphatic hydroxyl groups is 1. The van der Waals surface area contributed by atoms with Gasteiger partial charge in [0.05, 0.1) is 12.6 Å². The molecule has 13 heteroatoms. The quantitative estimate of drug-likeness (QED) is 0.137. The lowest BCUT2D eigenvalue weighted by Gasteiger charge is -2.26. The summed E-state index contributed by atoms with van der Waals surface area (Å²) >= 11 is 1.50. The maximum absolute atomic E-state index is 12.6. The maximum Gasteiger partial charge on any atom is 0.326 e. The van der Waals surface area contributed by atoms with Gasteiger partial charge in [0.25, 0.3) is 0 Å². The molecule has 178 valence electrons. The van der Waals surface area contributed by atoms with Gasteiger partial charge in [0.2, 0.25) is 23.6 Å². The molecule has 0 heterocycles. The molecule has 0 spiro atoms. The number of nitrogens with two attached hydrogens (primary N) is 2. The van der Waals surface area contributed by atoms with Crippen molar-refractivity contribution in [3.63, 3.8) is 0 Å². The van der Waals surface area contributed by atoms with Crippen molar-refractivity contribution in [1.82, 2.24) is 16.0 Å². The van der Waals surface area contributed by atoms with Crippen LogP contribution in [0.4, 0.5) is 0 Å². The summed E-state index contributed by atoms with van der Waals surface area (Å²) in [7, 11) is 0. The Morgan fingerprint density at radius 1 is 0.935 bits per heavy atom. The lowest BCUT2D eigenvalue weighted by atomic mass is 10.0. The molecule has 0 aromatic rings. The monoisotopic (exact) mass is 463 g/mol. The normalized spacial score (nSPS) is 14.8. The van der Waals surface area contributed by atoms with Gasteiger partial charge in [-0.25, -0.2) is 4.79 Å². The number of carbonyl (C=O) groups excluding carboxylic acids is 4. The van der Waals surface area contributed by atoms with Crippen LogP contribution in [0.15, 0.2) is 0 Å². The number of aliphatic carboxylic acids is 1. The van der Waals surface area contributed by atoms with Gasteiger partial charge in [-0.3, -0.25) is 19.2 Å². The van der Waals surface area contributed by atoms with Gasteiger partial charge in [0, 0.05) is 6.42 Å². The average molecular weight is 464 g/mol. The molecule has 0 fully saturated rings. The summed E-state index contributed by atoms with van der Waals surface area (Å²) in [6.07, 6.45) is 1.78. The molecule has 0 aromatic heterocycles. The van der Waals surface area contributed by atoms with Gasteiger partial charge < -0.3 is 37.6 Å². The van der Waals surface area contributed by atoms with Crippen LogP contribution in [-0.2, 0) is 24.0 Å². The van der Waals surface area contributed by atoms with Crippen LogP contribution in [0.2, 0.25) is 0 Å². The third-order valence-corrected chi connectivity index (χ3v) is 4.97. The summed E-state index contributed by atoms with van der Waals surface area (Å²) in [6.45, 7) is 2.51. The second-order valence-corrected chi connectivity index (χ2v) is 8.25. The zero-order valence-corrected chi connectivity index (χ0v) is 18.7. The summed E-state index contributed by atoms with van der Waals surface area (Å²) in [5.74, 6) is -4.12. The number of amides is 4. The van der Waals surface area contributed by atoms with Crippen molar-refractivity contribution >= 4 is 41.4 Å². The number of thioether (sulfide) groups is 1. The molecule has 31 heavy (non-hydrogen) atoms. The number of rotatable bonds is 15. The molecule has 0 aliphatic rings. The highest BCUT2D eigenvalue weighted by Gasteiger charge is 2.31. The first-order valence-corrected chi connectivity index (χ1v) is 11.1. The van der Waals surface area contributed by atoms with E-state index in [1.165, 1.54) is 11.8 Å². The topological polar surface area (TPSA) is 214 Å². The van der Waals surface area contributed by atoms with Gasteiger partial charge in [-0.05, 0) is 30.8 Å². The number of carboxylic acid groups (broad SMARTS) is 1. The minimum absolute atomic E-state index is 0.210. The lowest BCUT2D eigenvalue weighted by molar-refractivity contribution is -0.143. The van der Waals surface area contributed by atoms with Crippen LogP contribution in [0.25, 0.3) is 0 Å². The Morgan fingerprint density at radius 2 is 1.52 bits per heavy atom. The molecule has 0 radical (unpaired) electrons. The number of nitrogens with one attached hydrogen (secondary N) is 3. The number of aliphatic hydroxyl groups excluding tert-OH is 1. The highest BCUT2D eigenvalue weighted by atomic mass is 32.2. The third kappa shape index (κ3) is 11.0. The molecule has 0 aliphatic heterocycles. The number of carboxylic acids is 1. The van der Waals surface area contributed by atoms with Gasteiger partial charge >= 0.3 is 5.97 Å². The van der Waals surface area contributed by atoms with Gasteiger partial charge in [-0.1, -0.05) is 13.8 Å². The van der Waals surface area contributed by atoms with Crippen LogP contribution in [0.1, 0.15) is 33.1 Å². The molecular weight excluding hydrogens is 430 g/mol. The molecular formula is C18H33N5O7S. The van der Waals surface area contributed by atoms with Crippen molar-refractivity contribution in [2.75, 3.05) is 18.6 Å². The fraction of sp³-hybridized carbons (Fsp3) is 0.722. The minimum atomic E-state index is -1.37. The van der Waals surface area contributed by atoms with Crippen molar-refractivity contribution in [1.29, 1.82) is 0 Å². The number of hydrogen-bond acceptors (Lipinski definition) is 8. The molecule has 0 saturated heterocycles. The zero-order chi connectivity index (χ0) is 24.1. The molecule has 0 saturated carbocycles. The molecule has 0 aromatic carbocycles. The van der Waals surface area contributed by atoms with E-state index in [4.69, 9.17) is 11.5 Å². The summed E-state index contributed by atoms with van der Waals surface area (Å²) in [5.41, 5.74) is 10.8. The molecule has 9 N–H and O–H groups in total. The Labute approximate surface area is 185 Å². The molecule has 0 rings (SSSR count). The molecule has 12 nitrogen and oxygen atoms in total. The van der Waals surface area contributed by atoms with E-state index in [0.717, 1.165) is 0 Å². The Morgan fingerprint density at radius 3 is 1.97 bits per heavy atom. The van der Waals surface area contributed by atoms with E-state index < -0.39 is 66.3 Å². The van der Waals surface area contributed by atoms with Gasteiger partial charge in [0.15, 0.2) is 0 Å². The van der Waals surface area contributed by atoms with E-state index in [1.807, 2.05) is 6.26 Å². The zero-order valence-electron chi connectivity index (χ0n) is 17.9. The molecule has 0 aliphatic carbocycles. The van der Waals surface area contributed by atoms with Crippen LogP contribution in [0, 0.1) is 5.92 Å². The van der Waals surface area contributed by atoms with E-state index in [0.29, 0.717) is 12.2 Å². The minimum Gasteiger partial charge on any atom is -0.480 e. The number of carbonyl (C=O) groups is 5. The first kappa shape index (κ1) is 28.6. The third-order valence-electron chi connectivity index (χ3n) is 4.33. The summed E-state index contributed by atoms with van der Waals surface area (Å²) in [5, 5.41) is 25.7. The second-order valence-electron chi connectivity index (χ2n) is 7.27. The highest BCUT2D eigenvalue weighted by Crippen LogP contribution is 2.06. The number of primary amides is 1.